The van der Waals surface area contributed by atoms with E-state index in [9.17, 15) is 9.90 Å². The van der Waals surface area contributed by atoms with Crippen molar-refractivity contribution in [1.82, 2.24) is 4.57 Å². The van der Waals surface area contributed by atoms with Crippen LogP contribution in [0.15, 0.2) is 48.5 Å². The van der Waals surface area contributed by atoms with Crippen molar-refractivity contribution in [3.8, 4) is 11.4 Å². The summed E-state index contributed by atoms with van der Waals surface area (Å²) in [7, 11) is 0. The maximum atomic E-state index is 11.5. The van der Waals surface area contributed by atoms with Crippen molar-refractivity contribution < 1.29 is 9.90 Å². The van der Waals surface area contributed by atoms with E-state index in [1.165, 1.54) is 6.92 Å². The summed E-state index contributed by atoms with van der Waals surface area (Å²) in [6.45, 7) is 3.45. The van der Waals surface area contributed by atoms with Crippen LogP contribution in [-0.4, -0.2) is 15.6 Å². The van der Waals surface area contributed by atoms with Gasteiger partial charge in [-0.3, -0.25) is 4.79 Å². The average Bonchev–Trinajstić information content (AvgIpc) is 2.71. The number of aromatic nitrogens is 1. The lowest BCUT2D eigenvalue weighted by molar-refractivity contribution is -0.114. The molecule has 106 valence electrons. The Hall–Kier alpha value is -2.75. The van der Waals surface area contributed by atoms with Crippen molar-refractivity contribution in [3.05, 3.63) is 54.2 Å². The van der Waals surface area contributed by atoms with E-state index in [1.807, 2.05) is 47.9 Å². The molecule has 21 heavy (non-hydrogen) atoms. The van der Waals surface area contributed by atoms with Gasteiger partial charge in [-0.05, 0) is 31.2 Å². The first-order valence-electron chi connectivity index (χ1n) is 6.75. The number of anilines is 1. The maximum absolute atomic E-state index is 11.5. The number of aromatic hydroxyl groups is 1. The van der Waals surface area contributed by atoms with E-state index in [2.05, 4.69) is 5.32 Å². The smallest absolute Gasteiger partial charge is 0.221 e. The number of fused-ring (bicyclic) bond motifs is 1. The second-order valence-electron chi connectivity index (χ2n) is 5.01. The standard InChI is InChI=1S/C17H16N2O2/c1-11-17(18-12(2)20)15-9-8-14(21)10-16(15)19(11)13-6-4-3-5-7-13/h3-10,21H,1-2H3,(H,18,20). The molecule has 1 heterocycles. The number of phenolic OH excluding ortho intramolecular Hbond substituents is 1. The molecule has 2 aromatic carbocycles. The molecule has 4 heteroatoms. The van der Waals surface area contributed by atoms with Gasteiger partial charge in [-0.2, -0.15) is 0 Å². The summed E-state index contributed by atoms with van der Waals surface area (Å²) in [6, 6.07) is 15.0. The Kier molecular flexibility index (Phi) is 3.14. The van der Waals surface area contributed by atoms with E-state index in [0.29, 0.717) is 0 Å². The zero-order chi connectivity index (χ0) is 15.0. The summed E-state index contributed by atoms with van der Waals surface area (Å²) in [4.78, 5) is 11.5. The molecule has 0 spiro atoms. The third kappa shape index (κ3) is 2.25. The molecule has 0 fully saturated rings. The fourth-order valence-corrected chi connectivity index (χ4v) is 2.65. The molecule has 0 aliphatic carbocycles. The van der Waals surface area contributed by atoms with Gasteiger partial charge in [-0.25, -0.2) is 0 Å². The van der Waals surface area contributed by atoms with E-state index in [-0.39, 0.29) is 11.7 Å². The van der Waals surface area contributed by atoms with Crippen molar-refractivity contribution in [1.29, 1.82) is 0 Å². The van der Waals surface area contributed by atoms with Gasteiger partial charge in [-0.1, -0.05) is 18.2 Å². The minimum Gasteiger partial charge on any atom is -0.508 e. The van der Waals surface area contributed by atoms with E-state index in [0.717, 1.165) is 28.0 Å². The zero-order valence-electron chi connectivity index (χ0n) is 11.9. The summed E-state index contributed by atoms with van der Waals surface area (Å²) < 4.78 is 2.03. The molecule has 1 aromatic heterocycles. The molecular formula is C17H16N2O2. The number of benzene rings is 2. The lowest BCUT2D eigenvalue weighted by atomic mass is 10.2. The average molecular weight is 280 g/mol. The molecule has 1 amide bonds. The van der Waals surface area contributed by atoms with Crippen LogP contribution < -0.4 is 5.32 Å². The van der Waals surface area contributed by atoms with Gasteiger partial charge in [0.25, 0.3) is 0 Å². The molecule has 0 unspecified atom stereocenters. The summed E-state index contributed by atoms with van der Waals surface area (Å²) in [5.41, 5.74) is 3.56. The van der Waals surface area contributed by atoms with Gasteiger partial charge in [0.1, 0.15) is 5.75 Å². The van der Waals surface area contributed by atoms with Crippen LogP contribution in [0.1, 0.15) is 12.6 Å². The van der Waals surface area contributed by atoms with Crippen molar-refractivity contribution in [2.75, 3.05) is 5.32 Å². The fraction of sp³-hybridized carbons (Fsp3) is 0.118. The van der Waals surface area contributed by atoms with E-state index >= 15 is 0 Å². The van der Waals surface area contributed by atoms with Gasteiger partial charge in [0.15, 0.2) is 0 Å². The molecule has 3 aromatic rings. The molecule has 0 aliphatic heterocycles. The quantitative estimate of drug-likeness (QED) is 0.753. The van der Waals surface area contributed by atoms with Crippen molar-refractivity contribution in [3.63, 3.8) is 0 Å². The SMILES string of the molecule is CC(=O)Nc1c(C)n(-c2ccccc2)c2cc(O)ccc12. The van der Waals surface area contributed by atoms with Gasteiger partial charge in [0.2, 0.25) is 5.91 Å². The monoisotopic (exact) mass is 280 g/mol. The minimum absolute atomic E-state index is 0.113. The third-order valence-electron chi connectivity index (χ3n) is 3.50. The van der Waals surface area contributed by atoms with E-state index < -0.39 is 0 Å². The molecule has 0 radical (unpaired) electrons. The largest absolute Gasteiger partial charge is 0.508 e. The maximum Gasteiger partial charge on any atom is 0.221 e. The van der Waals surface area contributed by atoms with Crippen LogP contribution >= 0.6 is 0 Å². The summed E-state index contributed by atoms with van der Waals surface area (Å²) in [5.74, 6) is 0.0878. The minimum atomic E-state index is -0.113. The summed E-state index contributed by atoms with van der Waals surface area (Å²) in [5, 5.41) is 13.6. The number of rotatable bonds is 2. The number of phenols is 1. The van der Waals surface area contributed by atoms with Gasteiger partial charge >= 0.3 is 0 Å². The lowest BCUT2D eigenvalue weighted by Gasteiger charge is -2.08. The van der Waals surface area contributed by atoms with Crippen molar-refractivity contribution >= 4 is 22.5 Å². The van der Waals surface area contributed by atoms with Crippen molar-refractivity contribution in [2.24, 2.45) is 0 Å². The number of hydrogen-bond donors (Lipinski definition) is 2. The topological polar surface area (TPSA) is 54.3 Å². The third-order valence-corrected chi connectivity index (χ3v) is 3.50. The number of nitrogens with zero attached hydrogens (tertiary/aromatic N) is 1. The highest BCUT2D eigenvalue weighted by Crippen LogP contribution is 2.35. The first-order valence-corrected chi connectivity index (χ1v) is 6.75. The number of para-hydroxylation sites is 1. The first kappa shape index (κ1) is 13.2. The second-order valence-corrected chi connectivity index (χ2v) is 5.01. The summed E-state index contributed by atoms with van der Waals surface area (Å²) in [6.07, 6.45) is 0. The van der Waals surface area contributed by atoms with Crippen LogP contribution in [0.2, 0.25) is 0 Å². The highest BCUT2D eigenvalue weighted by atomic mass is 16.3. The number of carbonyl (C=O) groups is 1. The molecule has 4 nitrogen and oxygen atoms in total. The van der Waals surface area contributed by atoms with Crippen LogP contribution in [0.25, 0.3) is 16.6 Å². The fourth-order valence-electron chi connectivity index (χ4n) is 2.65. The predicted molar refractivity (Wildman–Crippen MR) is 84.0 cm³/mol. The predicted octanol–water partition coefficient (Wildman–Crippen LogP) is 3.60. The van der Waals surface area contributed by atoms with Crippen LogP contribution in [0.5, 0.6) is 5.75 Å². The first-order chi connectivity index (χ1) is 10.1. The number of amides is 1. The number of hydrogen-bond acceptors (Lipinski definition) is 2. The normalized spacial score (nSPS) is 10.8. The van der Waals surface area contributed by atoms with Crippen LogP contribution in [-0.2, 0) is 4.79 Å². The van der Waals surface area contributed by atoms with Gasteiger partial charge < -0.3 is 15.0 Å². The Morgan fingerprint density at radius 2 is 1.86 bits per heavy atom. The Balaban J connectivity index is 2.35. The highest BCUT2D eigenvalue weighted by molar-refractivity contribution is 6.03. The Morgan fingerprint density at radius 3 is 2.52 bits per heavy atom. The molecule has 0 bridgehead atoms. The van der Waals surface area contributed by atoms with E-state index in [4.69, 9.17) is 0 Å². The van der Waals surface area contributed by atoms with Crippen molar-refractivity contribution in [2.45, 2.75) is 13.8 Å². The van der Waals surface area contributed by atoms with Gasteiger partial charge in [0.05, 0.1) is 11.2 Å². The molecule has 0 atom stereocenters. The van der Waals surface area contributed by atoms with Gasteiger partial charge in [0, 0.05) is 29.8 Å². The molecule has 3 rings (SSSR count). The number of nitrogens with one attached hydrogen (secondary N) is 1. The molecule has 2 N–H and O–H groups in total. The molecular weight excluding hydrogens is 264 g/mol. The Bertz CT molecular complexity index is 820. The van der Waals surface area contributed by atoms with Crippen LogP contribution in [0.4, 0.5) is 5.69 Å². The highest BCUT2D eigenvalue weighted by Gasteiger charge is 2.16. The zero-order valence-corrected chi connectivity index (χ0v) is 11.9. The van der Waals surface area contributed by atoms with Crippen LogP contribution in [0, 0.1) is 6.92 Å². The second kappa shape index (κ2) is 4.98. The number of carbonyl (C=O) groups excluding carboxylic acids is 1. The molecule has 0 aliphatic rings. The Morgan fingerprint density at radius 1 is 1.14 bits per heavy atom. The van der Waals surface area contributed by atoms with Gasteiger partial charge in [-0.15, -0.1) is 0 Å². The Labute approximate surface area is 122 Å². The molecule has 0 saturated carbocycles. The summed E-state index contributed by atoms with van der Waals surface area (Å²) >= 11 is 0. The van der Waals surface area contributed by atoms with Crippen LogP contribution in [0.3, 0.4) is 0 Å². The van der Waals surface area contributed by atoms with E-state index in [1.54, 1.807) is 12.1 Å². The molecule has 0 saturated heterocycles. The lowest BCUT2D eigenvalue weighted by Crippen LogP contribution is -2.07.